The van der Waals surface area contributed by atoms with Crippen LogP contribution in [0.2, 0.25) is 0 Å². The Morgan fingerprint density at radius 2 is 1.43 bits per heavy atom. The minimum absolute atomic E-state index is 0.142. The molecular formula is C32H34N2O3. The largest absolute Gasteiger partial charge is 0.496 e. The zero-order valence-electron chi connectivity index (χ0n) is 21.3. The van der Waals surface area contributed by atoms with E-state index in [-0.39, 0.29) is 17.2 Å². The lowest BCUT2D eigenvalue weighted by Crippen LogP contribution is -2.48. The molecule has 3 aromatic carbocycles. The fraction of sp³-hybridized carbons (Fsp3) is 0.375. The number of anilines is 1. The highest BCUT2D eigenvalue weighted by Gasteiger charge is 2.52. The second-order valence-corrected chi connectivity index (χ2v) is 11.3. The second kappa shape index (κ2) is 9.70. The fourth-order valence-electron chi connectivity index (χ4n) is 7.49. The van der Waals surface area contributed by atoms with E-state index in [9.17, 15) is 9.59 Å². The number of rotatable bonds is 7. The van der Waals surface area contributed by atoms with Crippen LogP contribution in [-0.2, 0) is 12.0 Å². The molecule has 0 heterocycles. The molecule has 4 bridgehead atoms. The summed E-state index contributed by atoms with van der Waals surface area (Å²) in [5.74, 6) is 3.07. The highest BCUT2D eigenvalue weighted by atomic mass is 16.5. The average Bonchev–Trinajstić information content (AvgIpc) is 2.91. The van der Waals surface area contributed by atoms with E-state index in [0.717, 1.165) is 29.1 Å². The quantitative estimate of drug-likeness (QED) is 0.402. The molecule has 37 heavy (non-hydrogen) atoms. The normalized spacial score (nSPS) is 25.5. The molecular weight excluding hydrogens is 460 g/mol. The Hall–Kier alpha value is -3.60. The molecule has 0 unspecified atom stereocenters. The summed E-state index contributed by atoms with van der Waals surface area (Å²) >= 11 is 0. The van der Waals surface area contributed by atoms with Gasteiger partial charge in [-0.05, 0) is 110 Å². The Kier molecular flexibility index (Phi) is 6.23. The van der Waals surface area contributed by atoms with Gasteiger partial charge >= 0.3 is 0 Å². The first-order valence-corrected chi connectivity index (χ1v) is 13.4. The molecule has 0 atom stereocenters. The minimum Gasteiger partial charge on any atom is -0.496 e. The zero-order valence-corrected chi connectivity index (χ0v) is 21.3. The molecule has 0 radical (unpaired) electrons. The van der Waals surface area contributed by atoms with Gasteiger partial charge in [-0.25, -0.2) is 0 Å². The molecule has 5 nitrogen and oxygen atoms in total. The van der Waals surface area contributed by atoms with Crippen molar-refractivity contribution in [3.8, 4) is 5.75 Å². The molecule has 0 spiro atoms. The Balaban J connectivity index is 1.15. The number of carbonyl (C=O) groups is 2. The van der Waals surface area contributed by atoms with E-state index >= 15 is 0 Å². The van der Waals surface area contributed by atoms with Crippen molar-refractivity contribution in [3.63, 3.8) is 0 Å². The van der Waals surface area contributed by atoms with Gasteiger partial charge in [-0.15, -0.1) is 0 Å². The van der Waals surface area contributed by atoms with E-state index in [1.165, 1.54) is 44.1 Å². The highest BCUT2D eigenvalue weighted by molar-refractivity contribution is 6.05. The summed E-state index contributed by atoms with van der Waals surface area (Å²) in [5.41, 5.74) is 4.28. The van der Waals surface area contributed by atoms with Crippen molar-refractivity contribution in [2.75, 3.05) is 12.4 Å². The van der Waals surface area contributed by atoms with Gasteiger partial charge < -0.3 is 15.4 Å². The lowest BCUT2D eigenvalue weighted by atomic mass is 9.48. The molecule has 190 valence electrons. The predicted molar refractivity (Wildman–Crippen MR) is 145 cm³/mol. The summed E-state index contributed by atoms with van der Waals surface area (Å²) in [6.07, 6.45) is 7.78. The van der Waals surface area contributed by atoms with Gasteiger partial charge in [-0.3, -0.25) is 9.59 Å². The molecule has 0 saturated heterocycles. The number of nitrogens with one attached hydrogen (secondary N) is 2. The van der Waals surface area contributed by atoms with Crippen LogP contribution in [0.4, 0.5) is 5.69 Å². The van der Waals surface area contributed by atoms with Crippen molar-refractivity contribution in [1.82, 2.24) is 5.32 Å². The van der Waals surface area contributed by atoms with Gasteiger partial charge in [0.25, 0.3) is 11.8 Å². The number of methoxy groups -OCH3 is 1. The first-order chi connectivity index (χ1) is 18.0. The van der Waals surface area contributed by atoms with E-state index in [2.05, 4.69) is 16.7 Å². The van der Waals surface area contributed by atoms with Crippen molar-refractivity contribution >= 4 is 17.5 Å². The monoisotopic (exact) mass is 494 g/mol. The summed E-state index contributed by atoms with van der Waals surface area (Å²) in [7, 11) is 1.73. The van der Waals surface area contributed by atoms with Crippen molar-refractivity contribution in [2.24, 2.45) is 17.8 Å². The summed E-state index contributed by atoms with van der Waals surface area (Å²) in [5, 5.41) is 5.94. The third kappa shape index (κ3) is 4.75. The summed E-state index contributed by atoms with van der Waals surface area (Å²) in [6, 6.07) is 22.7. The van der Waals surface area contributed by atoms with Crippen LogP contribution in [-0.4, -0.2) is 18.9 Å². The Bertz CT molecular complexity index is 1260. The second-order valence-electron chi connectivity index (χ2n) is 11.3. The topological polar surface area (TPSA) is 67.4 Å². The molecule has 4 fully saturated rings. The van der Waals surface area contributed by atoms with E-state index in [0.29, 0.717) is 23.4 Å². The van der Waals surface area contributed by atoms with Crippen molar-refractivity contribution in [1.29, 1.82) is 0 Å². The maximum absolute atomic E-state index is 13.2. The number of ether oxygens (including phenoxy) is 1. The van der Waals surface area contributed by atoms with E-state index in [4.69, 9.17) is 4.74 Å². The third-order valence-electron chi connectivity index (χ3n) is 8.77. The Morgan fingerprint density at radius 1 is 0.811 bits per heavy atom. The van der Waals surface area contributed by atoms with Crippen LogP contribution in [0.15, 0.2) is 72.8 Å². The van der Waals surface area contributed by atoms with E-state index in [1.807, 2.05) is 42.5 Å². The molecule has 4 aliphatic carbocycles. The summed E-state index contributed by atoms with van der Waals surface area (Å²) < 4.78 is 5.80. The fourth-order valence-corrected chi connectivity index (χ4v) is 7.49. The number of carbonyl (C=O) groups excluding carboxylic acids is 2. The van der Waals surface area contributed by atoms with Crippen LogP contribution in [0.5, 0.6) is 5.75 Å². The highest BCUT2D eigenvalue weighted by Crippen LogP contribution is 2.61. The average molecular weight is 495 g/mol. The van der Waals surface area contributed by atoms with Gasteiger partial charge in [0.05, 0.1) is 7.11 Å². The first kappa shape index (κ1) is 23.8. The SMILES string of the molecule is COc1ccc(C(=O)Nc2ccc(C(=O)NCc3ccccc3)cc2)cc1C12CC3CC(CC(C3)C1)C2. The zero-order chi connectivity index (χ0) is 25.4. The van der Waals surface area contributed by atoms with Gasteiger partial charge in [0, 0.05) is 28.9 Å². The number of benzene rings is 3. The standard InChI is InChI=1S/C32H34N2O3/c1-37-29-12-9-26(16-28(29)32-17-22-13-23(18-32)15-24(14-22)19-32)31(36)34-27-10-7-25(8-11-27)30(35)33-20-21-5-3-2-4-6-21/h2-12,16,22-24H,13-15,17-20H2,1H3,(H,33,35)(H,34,36). The van der Waals surface area contributed by atoms with Crippen LogP contribution < -0.4 is 15.4 Å². The number of amides is 2. The lowest BCUT2D eigenvalue weighted by Gasteiger charge is -2.57. The van der Waals surface area contributed by atoms with Crippen LogP contribution >= 0.6 is 0 Å². The summed E-state index contributed by atoms with van der Waals surface area (Å²) in [6.45, 7) is 0.474. The van der Waals surface area contributed by atoms with Crippen LogP contribution in [0.1, 0.15) is 70.4 Å². The van der Waals surface area contributed by atoms with Crippen LogP contribution in [0.3, 0.4) is 0 Å². The molecule has 2 N–H and O–H groups in total. The van der Waals surface area contributed by atoms with Gasteiger partial charge in [0.1, 0.15) is 5.75 Å². The predicted octanol–water partition coefficient (Wildman–Crippen LogP) is 6.35. The third-order valence-corrected chi connectivity index (χ3v) is 8.77. The molecule has 0 aliphatic heterocycles. The van der Waals surface area contributed by atoms with Crippen molar-refractivity contribution in [2.45, 2.75) is 50.5 Å². The van der Waals surface area contributed by atoms with Crippen molar-refractivity contribution in [3.05, 3.63) is 95.1 Å². The minimum atomic E-state index is -0.144. The molecule has 4 aliphatic rings. The first-order valence-electron chi connectivity index (χ1n) is 13.4. The molecule has 4 saturated carbocycles. The number of hydrogen-bond donors (Lipinski definition) is 2. The number of hydrogen-bond acceptors (Lipinski definition) is 3. The van der Waals surface area contributed by atoms with Gasteiger partial charge in [0.15, 0.2) is 0 Å². The van der Waals surface area contributed by atoms with Crippen molar-refractivity contribution < 1.29 is 14.3 Å². The Labute approximate surface area is 218 Å². The smallest absolute Gasteiger partial charge is 0.255 e. The van der Waals surface area contributed by atoms with Crippen LogP contribution in [0, 0.1) is 17.8 Å². The van der Waals surface area contributed by atoms with Gasteiger partial charge in [-0.2, -0.15) is 0 Å². The molecule has 5 heteroatoms. The maximum atomic E-state index is 13.2. The molecule has 7 rings (SSSR count). The van der Waals surface area contributed by atoms with Crippen LogP contribution in [0.25, 0.3) is 0 Å². The summed E-state index contributed by atoms with van der Waals surface area (Å²) in [4.78, 5) is 25.8. The van der Waals surface area contributed by atoms with Gasteiger partial charge in [-0.1, -0.05) is 30.3 Å². The van der Waals surface area contributed by atoms with Gasteiger partial charge in [0.2, 0.25) is 0 Å². The molecule has 3 aromatic rings. The maximum Gasteiger partial charge on any atom is 0.255 e. The van der Waals surface area contributed by atoms with E-state index < -0.39 is 0 Å². The lowest BCUT2D eigenvalue weighted by molar-refractivity contribution is -0.00617. The molecule has 0 aromatic heterocycles. The Morgan fingerprint density at radius 3 is 2.05 bits per heavy atom. The van der Waals surface area contributed by atoms with E-state index in [1.54, 1.807) is 31.4 Å². The molecule has 2 amide bonds.